The number of hydrogen-bond acceptors (Lipinski definition) is 13. The van der Waals surface area contributed by atoms with Gasteiger partial charge in [-0.05, 0) is 38.8 Å². The fourth-order valence-electron chi connectivity index (χ4n) is 4.29. The van der Waals surface area contributed by atoms with Gasteiger partial charge >= 0.3 is 13.7 Å². The highest BCUT2D eigenvalue weighted by molar-refractivity contribution is 7.52. The van der Waals surface area contributed by atoms with Crippen molar-refractivity contribution in [1.82, 2.24) is 24.6 Å². The fourth-order valence-corrected chi connectivity index (χ4v) is 5.79. The van der Waals surface area contributed by atoms with E-state index in [9.17, 15) is 14.5 Å². The van der Waals surface area contributed by atoms with Crippen LogP contribution in [0.15, 0.2) is 36.7 Å². The minimum absolute atomic E-state index is 0.0454. The van der Waals surface area contributed by atoms with Crippen molar-refractivity contribution in [2.24, 2.45) is 11.7 Å². The number of fused-ring (bicyclic) bond motifs is 1. The van der Waals surface area contributed by atoms with Crippen molar-refractivity contribution in [3.05, 3.63) is 36.7 Å². The normalized spacial score (nSPS) is 24.4. The van der Waals surface area contributed by atoms with E-state index in [-0.39, 0.29) is 35.7 Å². The van der Waals surface area contributed by atoms with Crippen LogP contribution in [0.1, 0.15) is 40.8 Å². The lowest BCUT2D eigenvalue weighted by Gasteiger charge is -2.28. The highest BCUT2D eigenvalue weighted by Gasteiger charge is 2.53. The van der Waals surface area contributed by atoms with Crippen molar-refractivity contribution in [2.75, 3.05) is 25.6 Å². The average molecular weight is 608 g/mol. The van der Waals surface area contributed by atoms with Gasteiger partial charge in [0.2, 0.25) is 11.8 Å². The van der Waals surface area contributed by atoms with Crippen LogP contribution in [0.5, 0.6) is 11.6 Å². The van der Waals surface area contributed by atoms with Crippen LogP contribution in [0.2, 0.25) is 0 Å². The van der Waals surface area contributed by atoms with E-state index >= 15 is 0 Å². The molecule has 6 N–H and O–H groups in total. The number of imidazole rings is 1. The molecule has 1 aliphatic rings. The second-order valence-electron chi connectivity index (χ2n) is 10.6. The number of para-hydroxylation sites is 1. The predicted octanol–water partition coefficient (Wildman–Crippen LogP) is 2.16. The minimum Gasteiger partial charge on any atom is -0.476 e. The Bertz CT molecular complexity index is 1420. The molecule has 1 aromatic carbocycles. The standard InChI is InChI=1S/C26H38N7O8P/c1-6-37-22-19-21(30-25(27)31-22)33(14-29-19)24-26(5,28)20(34)18(40-24)13-39-42(36,41-17-10-8-7-9-11-17)32-16(4)23(35)38-12-15(2)3/h7-11,14-16,18,20,24,34H,6,12-13,28H2,1-5H3,(H,32,36)(H2,27,30,31)/t16-,18+,20+,24+,26+,42?/m0/s1. The van der Waals surface area contributed by atoms with E-state index in [0.717, 1.165) is 0 Å². The lowest BCUT2D eigenvalue weighted by atomic mass is 9.93. The number of ether oxygens (including phenoxy) is 3. The van der Waals surface area contributed by atoms with Crippen LogP contribution in [-0.2, 0) is 23.4 Å². The number of nitrogens with one attached hydrogen (secondary N) is 1. The Morgan fingerprint density at radius 2 is 1.98 bits per heavy atom. The van der Waals surface area contributed by atoms with Crippen molar-refractivity contribution >= 4 is 30.8 Å². The monoisotopic (exact) mass is 607 g/mol. The first-order valence-corrected chi connectivity index (χ1v) is 15.1. The molecule has 15 nitrogen and oxygen atoms in total. The summed E-state index contributed by atoms with van der Waals surface area (Å²) in [6.07, 6.45) is -1.90. The van der Waals surface area contributed by atoms with E-state index in [2.05, 4.69) is 20.0 Å². The quantitative estimate of drug-likeness (QED) is 0.162. The molecule has 42 heavy (non-hydrogen) atoms. The van der Waals surface area contributed by atoms with Gasteiger partial charge in [0.25, 0.3) is 0 Å². The Hall–Kier alpha value is -3.33. The summed E-state index contributed by atoms with van der Waals surface area (Å²) < 4.78 is 43.8. The molecule has 1 saturated heterocycles. The van der Waals surface area contributed by atoms with Gasteiger partial charge in [0.05, 0.1) is 31.7 Å². The zero-order valence-electron chi connectivity index (χ0n) is 24.2. The Labute approximate surface area is 243 Å². The molecule has 0 aliphatic carbocycles. The number of nitrogens with zero attached hydrogens (tertiary/aromatic N) is 4. The number of aliphatic hydroxyl groups is 1. The van der Waals surface area contributed by atoms with Crippen molar-refractivity contribution in [3.8, 4) is 11.6 Å². The Kier molecular flexibility index (Phi) is 9.70. The van der Waals surface area contributed by atoms with Gasteiger partial charge in [-0.2, -0.15) is 15.1 Å². The Morgan fingerprint density at radius 1 is 1.26 bits per heavy atom. The largest absolute Gasteiger partial charge is 0.476 e. The lowest BCUT2D eigenvalue weighted by Crippen LogP contribution is -2.52. The molecular weight excluding hydrogens is 569 g/mol. The van der Waals surface area contributed by atoms with E-state index in [1.54, 1.807) is 44.2 Å². The molecule has 1 unspecified atom stereocenters. The molecule has 1 aliphatic heterocycles. The van der Waals surface area contributed by atoms with Crippen LogP contribution in [0.4, 0.5) is 5.95 Å². The van der Waals surface area contributed by atoms with Crippen molar-refractivity contribution in [1.29, 1.82) is 0 Å². The number of nitrogen functional groups attached to an aromatic ring is 1. The first-order valence-electron chi connectivity index (χ1n) is 13.5. The average Bonchev–Trinajstić information content (AvgIpc) is 3.44. The first-order chi connectivity index (χ1) is 19.8. The van der Waals surface area contributed by atoms with Gasteiger partial charge in [0.1, 0.15) is 24.0 Å². The third kappa shape index (κ3) is 7.00. The summed E-state index contributed by atoms with van der Waals surface area (Å²) in [5, 5.41) is 13.8. The molecular formula is C26H38N7O8P. The summed E-state index contributed by atoms with van der Waals surface area (Å²) in [4.78, 5) is 25.2. The molecule has 0 radical (unpaired) electrons. The molecule has 0 amide bonds. The second kappa shape index (κ2) is 12.9. The summed E-state index contributed by atoms with van der Waals surface area (Å²) in [6.45, 7) is 8.78. The molecule has 0 bridgehead atoms. The zero-order chi connectivity index (χ0) is 30.7. The molecule has 2 aromatic heterocycles. The number of hydrogen-bond donors (Lipinski definition) is 4. The number of carbonyl (C=O) groups excluding carboxylic acids is 1. The van der Waals surface area contributed by atoms with Gasteiger partial charge in [-0.25, -0.2) is 9.55 Å². The van der Waals surface area contributed by atoms with Gasteiger partial charge in [0.15, 0.2) is 17.4 Å². The summed E-state index contributed by atoms with van der Waals surface area (Å²) in [6, 6.07) is 7.28. The molecule has 230 valence electrons. The number of esters is 1. The summed E-state index contributed by atoms with van der Waals surface area (Å²) in [5.74, 6) is -0.128. The number of anilines is 1. The molecule has 3 heterocycles. The van der Waals surface area contributed by atoms with Crippen LogP contribution in [0.25, 0.3) is 11.2 Å². The van der Waals surface area contributed by atoms with Gasteiger partial charge in [-0.1, -0.05) is 32.0 Å². The maximum absolute atomic E-state index is 13.9. The van der Waals surface area contributed by atoms with Crippen molar-refractivity contribution in [2.45, 2.75) is 64.6 Å². The van der Waals surface area contributed by atoms with Gasteiger partial charge < -0.3 is 35.3 Å². The molecule has 6 atom stereocenters. The van der Waals surface area contributed by atoms with E-state index in [0.29, 0.717) is 12.1 Å². The van der Waals surface area contributed by atoms with Gasteiger partial charge in [0, 0.05) is 0 Å². The number of rotatable bonds is 13. The summed E-state index contributed by atoms with van der Waals surface area (Å²) in [7, 11) is -4.21. The van der Waals surface area contributed by atoms with Gasteiger partial charge in [-0.15, -0.1) is 0 Å². The van der Waals surface area contributed by atoms with Crippen LogP contribution in [0, 0.1) is 5.92 Å². The molecule has 3 aromatic rings. The molecule has 0 saturated carbocycles. The maximum Gasteiger partial charge on any atom is 0.459 e. The molecule has 0 spiro atoms. The van der Waals surface area contributed by atoms with Crippen LogP contribution in [-0.4, -0.2) is 74.2 Å². The van der Waals surface area contributed by atoms with Crippen LogP contribution < -0.4 is 25.8 Å². The van der Waals surface area contributed by atoms with E-state index in [1.807, 2.05) is 13.8 Å². The summed E-state index contributed by atoms with van der Waals surface area (Å²) in [5.41, 5.74) is 11.7. The Morgan fingerprint density at radius 3 is 2.64 bits per heavy atom. The molecule has 1 fully saturated rings. The number of nitrogens with two attached hydrogens (primary N) is 2. The maximum atomic E-state index is 13.9. The number of aliphatic hydroxyl groups excluding tert-OH is 1. The number of carbonyl (C=O) groups is 1. The minimum atomic E-state index is -4.21. The van der Waals surface area contributed by atoms with E-state index < -0.39 is 50.3 Å². The predicted molar refractivity (Wildman–Crippen MR) is 152 cm³/mol. The third-order valence-corrected chi connectivity index (χ3v) is 8.05. The number of benzene rings is 1. The van der Waals surface area contributed by atoms with Crippen LogP contribution >= 0.6 is 7.75 Å². The lowest BCUT2D eigenvalue weighted by molar-refractivity contribution is -0.146. The van der Waals surface area contributed by atoms with Crippen LogP contribution in [0.3, 0.4) is 0 Å². The number of aromatic nitrogens is 4. The topological polar surface area (TPSA) is 208 Å². The highest BCUT2D eigenvalue weighted by Crippen LogP contribution is 2.47. The second-order valence-corrected chi connectivity index (χ2v) is 12.2. The zero-order valence-corrected chi connectivity index (χ0v) is 25.1. The Balaban J connectivity index is 1.55. The SMILES string of the molecule is CCOc1nc(N)nc2c1ncn2[C@@H]1O[C@H](COP(=O)(N[C@@H](C)C(=O)OCC(C)C)Oc2ccccc2)[C@@H](O)[C@@]1(C)N. The molecule has 16 heteroatoms. The van der Waals surface area contributed by atoms with E-state index in [1.165, 1.54) is 17.8 Å². The van der Waals surface area contributed by atoms with E-state index in [4.69, 9.17) is 34.7 Å². The van der Waals surface area contributed by atoms with Crippen molar-refractivity contribution in [3.63, 3.8) is 0 Å². The molecule has 4 rings (SSSR count). The summed E-state index contributed by atoms with van der Waals surface area (Å²) >= 11 is 0. The smallest absolute Gasteiger partial charge is 0.459 e. The third-order valence-electron chi connectivity index (χ3n) is 6.41. The van der Waals surface area contributed by atoms with Crippen molar-refractivity contribution < 1.29 is 37.7 Å². The first kappa shape index (κ1) is 31.6. The fraction of sp³-hybridized carbons (Fsp3) is 0.538. The van der Waals surface area contributed by atoms with Gasteiger partial charge in [-0.3, -0.25) is 13.9 Å². The highest BCUT2D eigenvalue weighted by atomic mass is 31.2.